The first-order chi connectivity index (χ1) is 13.2. The lowest BCUT2D eigenvalue weighted by Gasteiger charge is -2.07. The van der Waals surface area contributed by atoms with Gasteiger partial charge in [0.1, 0.15) is 0 Å². The molecule has 130 valence electrons. The summed E-state index contributed by atoms with van der Waals surface area (Å²) in [7, 11) is 0. The fourth-order valence-electron chi connectivity index (χ4n) is 2.55. The molecule has 0 atom stereocenters. The van der Waals surface area contributed by atoms with Crippen LogP contribution in [0.3, 0.4) is 0 Å². The van der Waals surface area contributed by atoms with Crippen LogP contribution in [-0.4, -0.2) is 16.1 Å². The van der Waals surface area contributed by atoms with E-state index in [4.69, 9.17) is 14.1 Å². The van der Waals surface area contributed by atoms with Crippen molar-refractivity contribution in [2.45, 2.75) is 0 Å². The summed E-state index contributed by atoms with van der Waals surface area (Å²) in [6.45, 7) is 0. The number of anilines is 1. The van der Waals surface area contributed by atoms with E-state index in [0.717, 1.165) is 0 Å². The summed E-state index contributed by atoms with van der Waals surface area (Å²) in [5, 5.41) is 19.9. The van der Waals surface area contributed by atoms with Crippen molar-refractivity contribution in [1.29, 1.82) is 5.26 Å². The Kier molecular flexibility index (Phi) is 4.21. The molecule has 0 unspecified atom stereocenters. The molecule has 2 aromatic carbocycles. The first kappa shape index (κ1) is 16.3. The van der Waals surface area contributed by atoms with Crippen LogP contribution < -0.4 is 5.32 Å². The molecule has 0 spiro atoms. The fraction of sp³-hybridized carbons (Fsp3) is 0. The van der Waals surface area contributed by atoms with Crippen LogP contribution in [-0.2, 0) is 0 Å². The summed E-state index contributed by atoms with van der Waals surface area (Å²) in [4.78, 5) is 12.5. The number of benzene rings is 2. The van der Waals surface area contributed by atoms with E-state index in [1.165, 1.54) is 6.26 Å². The van der Waals surface area contributed by atoms with Crippen LogP contribution in [0.1, 0.15) is 15.9 Å². The molecule has 7 heteroatoms. The third-order valence-electron chi connectivity index (χ3n) is 3.82. The van der Waals surface area contributed by atoms with Crippen LogP contribution >= 0.6 is 0 Å². The van der Waals surface area contributed by atoms with Crippen LogP contribution in [0.15, 0.2) is 75.8 Å². The van der Waals surface area contributed by atoms with Crippen LogP contribution in [0.4, 0.5) is 5.69 Å². The minimum atomic E-state index is -0.369. The summed E-state index contributed by atoms with van der Waals surface area (Å²) < 4.78 is 10.9. The number of nitrogens with one attached hydrogen (secondary N) is 1. The minimum Gasteiger partial charge on any atom is -0.459 e. The van der Waals surface area contributed by atoms with Crippen LogP contribution in [0.25, 0.3) is 23.1 Å². The Morgan fingerprint density at radius 2 is 1.85 bits per heavy atom. The van der Waals surface area contributed by atoms with Gasteiger partial charge in [0.2, 0.25) is 5.89 Å². The second-order valence-corrected chi connectivity index (χ2v) is 5.58. The Morgan fingerprint density at radius 1 is 1.00 bits per heavy atom. The normalized spacial score (nSPS) is 10.3. The molecular weight excluding hydrogens is 344 g/mol. The van der Waals surface area contributed by atoms with Crippen LogP contribution in [0.5, 0.6) is 0 Å². The number of carbonyl (C=O) groups is 1. The molecule has 0 aliphatic carbocycles. The third kappa shape index (κ3) is 3.32. The smallest absolute Gasteiger partial charge is 0.283 e. The van der Waals surface area contributed by atoms with E-state index in [1.54, 1.807) is 60.7 Å². The van der Waals surface area contributed by atoms with E-state index in [0.29, 0.717) is 34.0 Å². The average Bonchev–Trinajstić information content (AvgIpc) is 3.39. The summed E-state index contributed by atoms with van der Waals surface area (Å²) in [6, 6.07) is 19.1. The number of carbonyl (C=O) groups excluding carboxylic acids is 1. The number of aromatic nitrogens is 2. The predicted molar refractivity (Wildman–Crippen MR) is 96.5 cm³/mol. The molecule has 7 nitrogen and oxygen atoms in total. The molecule has 4 rings (SSSR count). The van der Waals surface area contributed by atoms with E-state index in [9.17, 15) is 4.79 Å². The number of rotatable bonds is 4. The van der Waals surface area contributed by atoms with Crippen molar-refractivity contribution in [3.8, 4) is 29.2 Å². The Bertz CT molecular complexity index is 1140. The zero-order valence-corrected chi connectivity index (χ0v) is 13.9. The maximum Gasteiger partial charge on any atom is 0.283 e. The molecule has 2 aromatic heterocycles. The molecule has 1 amide bonds. The van der Waals surface area contributed by atoms with E-state index in [1.807, 2.05) is 6.07 Å². The molecule has 0 radical (unpaired) electrons. The van der Waals surface area contributed by atoms with Gasteiger partial charge in [0, 0.05) is 11.3 Å². The number of amides is 1. The van der Waals surface area contributed by atoms with E-state index < -0.39 is 0 Å². The van der Waals surface area contributed by atoms with E-state index in [2.05, 4.69) is 15.5 Å². The van der Waals surface area contributed by atoms with Crippen molar-refractivity contribution in [3.05, 3.63) is 78.1 Å². The second kappa shape index (κ2) is 6.98. The highest BCUT2D eigenvalue weighted by Gasteiger charge is 2.14. The molecular formula is C20H12N4O3. The maximum atomic E-state index is 12.5. The fourth-order valence-corrected chi connectivity index (χ4v) is 2.55. The molecule has 0 saturated heterocycles. The molecule has 0 aliphatic rings. The average molecular weight is 356 g/mol. The Labute approximate surface area is 153 Å². The van der Waals surface area contributed by atoms with Crippen molar-refractivity contribution in [1.82, 2.24) is 10.2 Å². The summed E-state index contributed by atoms with van der Waals surface area (Å²) in [5.74, 6) is 0.680. The maximum absolute atomic E-state index is 12.5. The van der Waals surface area contributed by atoms with Gasteiger partial charge in [0.05, 0.1) is 23.5 Å². The number of hydrogen-bond acceptors (Lipinski definition) is 6. The highest BCUT2D eigenvalue weighted by atomic mass is 16.4. The highest BCUT2D eigenvalue weighted by Crippen LogP contribution is 2.26. The first-order valence-corrected chi connectivity index (χ1v) is 8.03. The van der Waals surface area contributed by atoms with Crippen molar-refractivity contribution >= 4 is 11.6 Å². The lowest BCUT2D eigenvalue weighted by atomic mass is 10.1. The number of nitrogens with zero attached hydrogens (tertiary/aromatic N) is 3. The van der Waals surface area contributed by atoms with Gasteiger partial charge in [-0.05, 0) is 42.5 Å². The van der Waals surface area contributed by atoms with E-state index in [-0.39, 0.29) is 11.8 Å². The monoisotopic (exact) mass is 356 g/mol. The van der Waals surface area contributed by atoms with Gasteiger partial charge in [-0.1, -0.05) is 18.2 Å². The molecule has 0 bridgehead atoms. The summed E-state index contributed by atoms with van der Waals surface area (Å²) >= 11 is 0. The van der Waals surface area contributed by atoms with Crippen molar-refractivity contribution < 1.29 is 13.6 Å². The summed E-state index contributed by atoms with van der Waals surface area (Å²) in [5.41, 5.74) is 1.81. The number of nitriles is 1. The van der Waals surface area contributed by atoms with Gasteiger partial charge in [-0.3, -0.25) is 4.79 Å². The predicted octanol–water partition coefficient (Wildman–Crippen LogP) is 4.12. The molecule has 0 saturated carbocycles. The minimum absolute atomic E-state index is 0.271. The van der Waals surface area contributed by atoms with E-state index >= 15 is 0 Å². The van der Waals surface area contributed by atoms with Gasteiger partial charge in [-0.15, -0.1) is 10.2 Å². The molecule has 0 fully saturated rings. The van der Waals surface area contributed by atoms with Crippen LogP contribution in [0.2, 0.25) is 0 Å². The van der Waals surface area contributed by atoms with Gasteiger partial charge >= 0.3 is 0 Å². The van der Waals surface area contributed by atoms with Gasteiger partial charge < -0.3 is 14.2 Å². The van der Waals surface area contributed by atoms with Crippen molar-refractivity contribution in [2.24, 2.45) is 0 Å². The van der Waals surface area contributed by atoms with Gasteiger partial charge in [-0.25, -0.2) is 0 Å². The number of hydrogen-bond donors (Lipinski definition) is 1. The SMILES string of the molecule is N#Cc1ccccc1C(=O)Nc1cccc(-c2nnc(-c3ccco3)o2)c1. The third-order valence-corrected chi connectivity index (χ3v) is 3.82. The Morgan fingerprint density at radius 3 is 2.67 bits per heavy atom. The topological polar surface area (TPSA) is 105 Å². The molecule has 0 aliphatic heterocycles. The molecule has 4 aromatic rings. The lowest BCUT2D eigenvalue weighted by Crippen LogP contribution is -2.13. The Balaban J connectivity index is 1.58. The zero-order chi connectivity index (χ0) is 18.6. The second-order valence-electron chi connectivity index (χ2n) is 5.58. The Hall–Kier alpha value is -4.18. The van der Waals surface area contributed by atoms with Crippen molar-refractivity contribution in [2.75, 3.05) is 5.32 Å². The molecule has 27 heavy (non-hydrogen) atoms. The molecule has 1 N–H and O–H groups in total. The number of furan rings is 1. The largest absolute Gasteiger partial charge is 0.459 e. The first-order valence-electron chi connectivity index (χ1n) is 8.03. The van der Waals surface area contributed by atoms with Crippen molar-refractivity contribution in [3.63, 3.8) is 0 Å². The quantitative estimate of drug-likeness (QED) is 0.590. The van der Waals surface area contributed by atoms with Gasteiger partial charge in [0.15, 0.2) is 5.76 Å². The van der Waals surface area contributed by atoms with Gasteiger partial charge in [0.25, 0.3) is 11.8 Å². The lowest BCUT2D eigenvalue weighted by molar-refractivity contribution is 0.102. The zero-order valence-electron chi connectivity index (χ0n) is 13.9. The highest BCUT2D eigenvalue weighted by molar-refractivity contribution is 6.06. The summed E-state index contributed by atoms with van der Waals surface area (Å²) in [6.07, 6.45) is 1.52. The van der Waals surface area contributed by atoms with Crippen LogP contribution in [0, 0.1) is 11.3 Å². The molecule has 2 heterocycles. The standard InChI is InChI=1S/C20H12N4O3/c21-12-14-5-1-2-8-16(14)18(25)22-15-7-3-6-13(11-15)19-23-24-20(27-19)17-9-4-10-26-17/h1-11H,(H,22,25). The van der Waals surface area contributed by atoms with Gasteiger partial charge in [-0.2, -0.15) is 5.26 Å².